The zero-order valence-corrected chi connectivity index (χ0v) is 8.10. The monoisotopic (exact) mass is 204 g/mol. The van der Waals surface area contributed by atoms with Gasteiger partial charge in [0.25, 0.3) is 0 Å². The first-order valence-corrected chi connectivity index (χ1v) is 4.72. The lowest BCUT2D eigenvalue weighted by atomic mass is 10.1. The number of benzene rings is 1. The van der Waals surface area contributed by atoms with Gasteiger partial charge in [0.2, 0.25) is 0 Å². The topological polar surface area (TPSA) is 79.1 Å². The number of rotatable bonds is 3. The van der Waals surface area contributed by atoms with Gasteiger partial charge in [0.1, 0.15) is 6.04 Å². The van der Waals surface area contributed by atoms with E-state index in [0.717, 1.165) is 16.6 Å². The summed E-state index contributed by atoms with van der Waals surface area (Å²) < 4.78 is 0. The van der Waals surface area contributed by atoms with E-state index in [-0.39, 0.29) is 0 Å². The average molecular weight is 204 g/mol. The zero-order chi connectivity index (χ0) is 10.8. The molecule has 15 heavy (non-hydrogen) atoms. The number of H-pyrrole nitrogens is 1. The maximum absolute atomic E-state index is 10.6. The van der Waals surface area contributed by atoms with Gasteiger partial charge in [-0.15, -0.1) is 0 Å². The van der Waals surface area contributed by atoms with E-state index in [4.69, 9.17) is 10.8 Å². The standard InChI is InChI=1S/C11H12N2O2/c12-9(11(14)15)6-8-5-7-3-1-2-4-10(7)13-8/h1-5,9,13H,6,12H2,(H,14,15)/t9-/m1/s1. The van der Waals surface area contributed by atoms with E-state index in [1.54, 1.807) is 0 Å². The molecule has 2 rings (SSSR count). The third kappa shape index (κ3) is 1.99. The highest BCUT2D eigenvalue weighted by molar-refractivity contribution is 5.80. The Morgan fingerprint density at radius 3 is 2.87 bits per heavy atom. The highest BCUT2D eigenvalue weighted by atomic mass is 16.4. The van der Waals surface area contributed by atoms with Crippen LogP contribution in [0.15, 0.2) is 30.3 Å². The van der Waals surface area contributed by atoms with Gasteiger partial charge in [-0.3, -0.25) is 4.79 Å². The Hall–Kier alpha value is -1.81. The first kappa shape index (κ1) is 9.73. The normalized spacial score (nSPS) is 12.9. The van der Waals surface area contributed by atoms with Crippen molar-refractivity contribution < 1.29 is 9.90 Å². The van der Waals surface area contributed by atoms with Gasteiger partial charge in [0.05, 0.1) is 0 Å². The van der Waals surface area contributed by atoms with Crippen LogP contribution in [0.25, 0.3) is 10.9 Å². The predicted molar refractivity (Wildman–Crippen MR) is 57.6 cm³/mol. The number of aromatic amines is 1. The molecule has 4 N–H and O–H groups in total. The molecule has 0 radical (unpaired) electrons. The lowest BCUT2D eigenvalue weighted by Crippen LogP contribution is -2.32. The lowest BCUT2D eigenvalue weighted by Gasteiger charge is -2.02. The molecule has 1 aromatic carbocycles. The van der Waals surface area contributed by atoms with Crippen molar-refractivity contribution in [2.45, 2.75) is 12.5 Å². The highest BCUT2D eigenvalue weighted by Crippen LogP contribution is 2.15. The largest absolute Gasteiger partial charge is 0.480 e. The van der Waals surface area contributed by atoms with Crippen molar-refractivity contribution in [2.75, 3.05) is 0 Å². The van der Waals surface area contributed by atoms with E-state index in [1.807, 2.05) is 30.3 Å². The van der Waals surface area contributed by atoms with Crippen LogP contribution >= 0.6 is 0 Å². The van der Waals surface area contributed by atoms with Crippen LogP contribution in [0.5, 0.6) is 0 Å². The maximum Gasteiger partial charge on any atom is 0.320 e. The molecule has 0 aliphatic rings. The summed E-state index contributed by atoms with van der Waals surface area (Å²) in [6, 6.07) is 8.87. The highest BCUT2D eigenvalue weighted by Gasteiger charge is 2.13. The number of aromatic nitrogens is 1. The van der Waals surface area contributed by atoms with E-state index in [9.17, 15) is 4.79 Å². The molecule has 1 atom stereocenters. The van der Waals surface area contributed by atoms with Crippen LogP contribution in [0, 0.1) is 0 Å². The van der Waals surface area contributed by atoms with Crippen molar-refractivity contribution in [3.8, 4) is 0 Å². The number of nitrogens with one attached hydrogen (secondary N) is 1. The van der Waals surface area contributed by atoms with Gasteiger partial charge in [-0.1, -0.05) is 18.2 Å². The van der Waals surface area contributed by atoms with Crippen LogP contribution in [-0.4, -0.2) is 22.1 Å². The zero-order valence-electron chi connectivity index (χ0n) is 8.10. The quantitative estimate of drug-likeness (QED) is 0.701. The number of hydrogen-bond acceptors (Lipinski definition) is 2. The van der Waals surface area contributed by atoms with E-state index < -0.39 is 12.0 Å². The molecule has 1 aromatic heterocycles. The molecule has 0 saturated heterocycles. The molecule has 0 bridgehead atoms. The molecular formula is C11H12N2O2. The summed E-state index contributed by atoms with van der Waals surface area (Å²) in [7, 11) is 0. The number of carboxylic acid groups (broad SMARTS) is 1. The van der Waals surface area contributed by atoms with Gasteiger partial charge >= 0.3 is 5.97 Å². The van der Waals surface area contributed by atoms with Crippen molar-refractivity contribution in [3.05, 3.63) is 36.0 Å². The number of fused-ring (bicyclic) bond motifs is 1. The molecule has 2 aromatic rings. The summed E-state index contributed by atoms with van der Waals surface area (Å²) in [6.07, 6.45) is 0.323. The number of nitrogens with two attached hydrogens (primary N) is 1. The number of aliphatic carboxylic acids is 1. The van der Waals surface area contributed by atoms with Crippen molar-refractivity contribution in [1.82, 2.24) is 4.98 Å². The van der Waals surface area contributed by atoms with Gasteiger partial charge < -0.3 is 15.8 Å². The minimum Gasteiger partial charge on any atom is -0.480 e. The van der Waals surface area contributed by atoms with Crippen LogP contribution < -0.4 is 5.73 Å². The van der Waals surface area contributed by atoms with Crippen LogP contribution in [0.2, 0.25) is 0 Å². The van der Waals surface area contributed by atoms with Crippen molar-refractivity contribution in [3.63, 3.8) is 0 Å². The molecule has 0 aliphatic heterocycles. The minimum atomic E-state index is -0.978. The summed E-state index contributed by atoms with van der Waals surface area (Å²) in [4.78, 5) is 13.7. The third-order valence-corrected chi connectivity index (χ3v) is 2.34. The Morgan fingerprint density at radius 2 is 2.20 bits per heavy atom. The fourth-order valence-electron chi connectivity index (χ4n) is 1.57. The third-order valence-electron chi connectivity index (χ3n) is 2.34. The van der Waals surface area contributed by atoms with E-state index in [0.29, 0.717) is 6.42 Å². The van der Waals surface area contributed by atoms with E-state index >= 15 is 0 Å². The Bertz CT molecular complexity index is 457. The first-order chi connectivity index (χ1) is 7.16. The van der Waals surface area contributed by atoms with E-state index in [2.05, 4.69) is 4.98 Å². The molecule has 78 valence electrons. The van der Waals surface area contributed by atoms with Gasteiger partial charge in [0.15, 0.2) is 0 Å². The number of para-hydroxylation sites is 1. The van der Waals surface area contributed by atoms with E-state index in [1.165, 1.54) is 0 Å². The number of carboxylic acids is 1. The van der Waals surface area contributed by atoms with Gasteiger partial charge in [-0.2, -0.15) is 0 Å². The summed E-state index contributed by atoms with van der Waals surface area (Å²) in [6.45, 7) is 0. The van der Waals surface area contributed by atoms with Gasteiger partial charge in [0, 0.05) is 17.6 Å². The minimum absolute atomic E-state index is 0.323. The maximum atomic E-state index is 10.6. The molecular weight excluding hydrogens is 192 g/mol. The Morgan fingerprint density at radius 1 is 1.47 bits per heavy atom. The SMILES string of the molecule is N[C@H](Cc1cc2ccccc2[nH]1)C(=O)O. The molecule has 4 nitrogen and oxygen atoms in total. The van der Waals surface area contributed by atoms with Crippen molar-refractivity contribution >= 4 is 16.9 Å². The summed E-state index contributed by atoms with van der Waals surface area (Å²) >= 11 is 0. The molecule has 0 unspecified atom stereocenters. The van der Waals surface area contributed by atoms with Crippen molar-refractivity contribution in [2.24, 2.45) is 5.73 Å². The number of carbonyl (C=O) groups is 1. The van der Waals surface area contributed by atoms with Crippen LogP contribution in [0.4, 0.5) is 0 Å². The Kier molecular flexibility index (Phi) is 2.43. The van der Waals surface area contributed by atoms with Crippen molar-refractivity contribution in [1.29, 1.82) is 0 Å². The second-order valence-electron chi connectivity index (χ2n) is 3.53. The van der Waals surface area contributed by atoms with Gasteiger partial charge in [-0.25, -0.2) is 0 Å². The summed E-state index contributed by atoms with van der Waals surface area (Å²) in [5.74, 6) is -0.978. The number of hydrogen-bond donors (Lipinski definition) is 3. The van der Waals surface area contributed by atoms with Crippen LogP contribution in [0.3, 0.4) is 0 Å². The smallest absolute Gasteiger partial charge is 0.320 e. The molecule has 0 fully saturated rings. The predicted octanol–water partition coefficient (Wildman–Crippen LogP) is 1.12. The van der Waals surface area contributed by atoms with Crippen LogP contribution in [0.1, 0.15) is 5.69 Å². The fourth-order valence-corrected chi connectivity index (χ4v) is 1.57. The lowest BCUT2D eigenvalue weighted by molar-refractivity contribution is -0.138. The Labute approximate surface area is 86.7 Å². The molecule has 1 heterocycles. The molecule has 0 spiro atoms. The second kappa shape index (κ2) is 3.74. The fraction of sp³-hybridized carbons (Fsp3) is 0.182. The second-order valence-corrected chi connectivity index (χ2v) is 3.53. The first-order valence-electron chi connectivity index (χ1n) is 4.72. The molecule has 0 aliphatic carbocycles. The molecule has 0 amide bonds. The van der Waals surface area contributed by atoms with Gasteiger partial charge in [-0.05, 0) is 17.5 Å². The van der Waals surface area contributed by atoms with Crippen LogP contribution in [-0.2, 0) is 11.2 Å². The summed E-state index contributed by atoms with van der Waals surface area (Å²) in [5.41, 5.74) is 7.31. The molecule has 4 heteroatoms. The average Bonchev–Trinajstić information content (AvgIpc) is 2.59. The Balaban J connectivity index is 2.26. The summed E-state index contributed by atoms with van der Waals surface area (Å²) in [5, 5.41) is 9.75. The molecule has 0 saturated carbocycles.